The van der Waals surface area contributed by atoms with Crippen molar-refractivity contribution < 1.29 is 9.31 Å². The second-order valence-corrected chi connectivity index (χ2v) is 5.42. The van der Waals surface area contributed by atoms with Crippen molar-refractivity contribution in [2.75, 3.05) is 13.2 Å². The van der Waals surface area contributed by atoms with E-state index >= 15 is 0 Å². The van der Waals surface area contributed by atoms with Crippen LogP contribution in [0.4, 0.5) is 0 Å². The summed E-state index contributed by atoms with van der Waals surface area (Å²) < 4.78 is 11.3. The van der Waals surface area contributed by atoms with Crippen molar-refractivity contribution in [3.05, 3.63) is 41.4 Å². The SMILES string of the molecule is Cc1ccc(/C=C/B2OCC(C)(C)CO2)cc1. The summed E-state index contributed by atoms with van der Waals surface area (Å²) in [4.78, 5) is 0. The van der Waals surface area contributed by atoms with Crippen LogP contribution in [0.15, 0.2) is 30.2 Å². The molecule has 1 aromatic rings. The van der Waals surface area contributed by atoms with Crippen LogP contribution >= 0.6 is 0 Å². The van der Waals surface area contributed by atoms with Gasteiger partial charge < -0.3 is 9.31 Å². The third kappa shape index (κ3) is 3.72. The van der Waals surface area contributed by atoms with Gasteiger partial charge in [-0.3, -0.25) is 0 Å². The Morgan fingerprint density at radius 1 is 1.12 bits per heavy atom. The Labute approximate surface area is 104 Å². The number of rotatable bonds is 2. The number of hydrogen-bond acceptors (Lipinski definition) is 2. The molecule has 1 saturated heterocycles. The van der Waals surface area contributed by atoms with Gasteiger partial charge in [0.1, 0.15) is 0 Å². The van der Waals surface area contributed by atoms with Crippen molar-refractivity contribution in [3.8, 4) is 0 Å². The van der Waals surface area contributed by atoms with E-state index in [4.69, 9.17) is 9.31 Å². The molecule has 0 spiro atoms. The third-order valence-corrected chi connectivity index (χ3v) is 2.80. The second-order valence-electron chi connectivity index (χ2n) is 5.42. The molecule has 2 nitrogen and oxygen atoms in total. The van der Waals surface area contributed by atoms with Gasteiger partial charge in [-0.05, 0) is 12.5 Å². The molecule has 0 N–H and O–H groups in total. The molecule has 0 aliphatic carbocycles. The molecule has 90 valence electrons. The molecule has 0 saturated carbocycles. The minimum Gasteiger partial charge on any atom is -0.407 e. The van der Waals surface area contributed by atoms with E-state index in [1.807, 2.05) is 12.1 Å². The van der Waals surface area contributed by atoms with Gasteiger partial charge >= 0.3 is 7.12 Å². The van der Waals surface area contributed by atoms with Gasteiger partial charge in [-0.15, -0.1) is 0 Å². The first-order chi connectivity index (χ1) is 8.05. The first-order valence-corrected chi connectivity index (χ1v) is 6.03. The molecule has 1 aliphatic rings. The third-order valence-electron chi connectivity index (χ3n) is 2.80. The van der Waals surface area contributed by atoms with Gasteiger partial charge in [0.2, 0.25) is 0 Å². The summed E-state index contributed by atoms with van der Waals surface area (Å²) in [6, 6.07) is 8.40. The first-order valence-electron chi connectivity index (χ1n) is 6.03. The van der Waals surface area contributed by atoms with Crippen LogP contribution < -0.4 is 0 Å². The zero-order valence-corrected chi connectivity index (χ0v) is 10.8. The van der Waals surface area contributed by atoms with Crippen molar-refractivity contribution in [2.45, 2.75) is 20.8 Å². The molecule has 0 atom stereocenters. The van der Waals surface area contributed by atoms with E-state index in [0.29, 0.717) is 0 Å². The average molecular weight is 230 g/mol. The van der Waals surface area contributed by atoms with E-state index < -0.39 is 0 Å². The standard InChI is InChI=1S/C14H19BO2/c1-12-4-6-13(7-5-12)8-9-15-16-10-14(2,3)11-17-15/h4-9H,10-11H2,1-3H3/b9-8+. The normalized spacial score (nSPS) is 19.8. The summed E-state index contributed by atoms with van der Waals surface area (Å²) >= 11 is 0. The Morgan fingerprint density at radius 3 is 2.29 bits per heavy atom. The van der Waals surface area contributed by atoms with Crippen LogP contribution in [0, 0.1) is 12.3 Å². The number of benzene rings is 1. The molecule has 1 aromatic carbocycles. The zero-order chi connectivity index (χ0) is 12.3. The van der Waals surface area contributed by atoms with E-state index in [0.717, 1.165) is 13.2 Å². The predicted octanol–water partition coefficient (Wildman–Crippen LogP) is 3.11. The van der Waals surface area contributed by atoms with Crippen molar-refractivity contribution in [2.24, 2.45) is 5.41 Å². The van der Waals surface area contributed by atoms with E-state index in [2.05, 4.69) is 45.0 Å². The minimum absolute atomic E-state index is 0.133. The number of aryl methyl sites for hydroxylation is 1. The number of hydrogen-bond donors (Lipinski definition) is 0. The highest BCUT2D eigenvalue weighted by molar-refractivity contribution is 6.51. The van der Waals surface area contributed by atoms with Crippen LogP contribution in [-0.2, 0) is 9.31 Å². The lowest BCUT2D eigenvalue weighted by molar-refractivity contribution is 0.0337. The average Bonchev–Trinajstić information content (AvgIpc) is 2.30. The smallest absolute Gasteiger partial charge is 0.407 e. The topological polar surface area (TPSA) is 18.5 Å². The molecule has 0 aromatic heterocycles. The first kappa shape index (κ1) is 12.4. The maximum absolute atomic E-state index is 5.63. The van der Waals surface area contributed by atoms with Gasteiger partial charge in [-0.1, -0.05) is 55.7 Å². The Kier molecular flexibility index (Phi) is 3.70. The van der Waals surface area contributed by atoms with Gasteiger partial charge in [0.15, 0.2) is 0 Å². The molecular weight excluding hydrogens is 211 g/mol. The summed E-state index contributed by atoms with van der Waals surface area (Å²) in [5, 5.41) is 0. The van der Waals surface area contributed by atoms with Crippen LogP contribution in [0.5, 0.6) is 0 Å². The highest BCUT2D eigenvalue weighted by Crippen LogP contribution is 2.22. The van der Waals surface area contributed by atoms with Crippen LogP contribution in [0.2, 0.25) is 0 Å². The van der Waals surface area contributed by atoms with Crippen molar-refractivity contribution in [1.82, 2.24) is 0 Å². The zero-order valence-electron chi connectivity index (χ0n) is 10.8. The fourth-order valence-electron chi connectivity index (χ4n) is 1.68. The predicted molar refractivity (Wildman–Crippen MR) is 71.7 cm³/mol. The van der Waals surface area contributed by atoms with Crippen LogP contribution in [0.1, 0.15) is 25.0 Å². The summed E-state index contributed by atoms with van der Waals surface area (Å²) in [5.74, 6) is 1.97. The van der Waals surface area contributed by atoms with Crippen LogP contribution in [0.3, 0.4) is 0 Å². The van der Waals surface area contributed by atoms with Gasteiger partial charge in [-0.25, -0.2) is 0 Å². The summed E-state index contributed by atoms with van der Waals surface area (Å²) in [6.07, 6.45) is 2.04. The maximum Gasteiger partial charge on any atom is 0.486 e. The molecule has 2 rings (SSSR count). The highest BCUT2D eigenvalue weighted by atomic mass is 16.6. The molecule has 0 amide bonds. The molecule has 0 bridgehead atoms. The fourth-order valence-corrected chi connectivity index (χ4v) is 1.68. The molecule has 0 unspecified atom stereocenters. The monoisotopic (exact) mass is 230 g/mol. The van der Waals surface area contributed by atoms with Gasteiger partial charge in [0.25, 0.3) is 0 Å². The highest BCUT2D eigenvalue weighted by Gasteiger charge is 2.30. The molecular formula is C14H19BO2. The Morgan fingerprint density at radius 2 is 1.71 bits per heavy atom. The van der Waals surface area contributed by atoms with Gasteiger partial charge in [0.05, 0.1) is 0 Å². The quantitative estimate of drug-likeness (QED) is 0.726. The second kappa shape index (κ2) is 5.07. The lowest BCUT2D eigenvalue weighted by Crippen LogP contribution is -2.39. The van der Waals surface area contributed by atoms with Crippen molar-refractivity contribution >= 4 is 13.2 Å². The Bertz CT molecular complexity index is 385. The Hall–Kier alpha value is -1.06. The summed E-state index contributed by atoms with van der Waals surface area (Å²) in [7, 11) is -0.204. The minimum atomic E-state index is -0.204. The lowest BCUT2D eigenvalue weighted by atomic mass is 9.83. The van der Waals surface area contributed by atoms with E-state index in [1.165, 1.54) is 11.1 Å². The van der Waals surface area contributed by atoms with E-state index in [9.17, 15) is 0 Å². The van der Waals surface area contributed by atoms with Crippen molar-refractivity contribution in [3.63, 3.8) is 0 Å². The molecule has 17 heavy (non-hydrogen) atoms. The molecule has 3 heteroatoms. The lowest BCUT2D eigenvalue weighted by Gasteiger charge is -2.31. The maximum atomic E-state index is 5.63. The molecule has 1 aliphatic heterocycles. The van der Waals surface area contributed by atoms with Crippen molar-refractivity contribution in [1.29, 1.82) is 0 Å². The van der Waals surface area contributed by atoms with Gasteiger partial charge in [0, 0.05) is 18.6 Å². The molecule has 1 fully saturated rings. The largest absolute Gasteiger partial charge is 0.486 e. The molecule has 0 radical (unpaired) electrons. The summed E-state index contributed by atoms with van der Waals surface area (Å²) in [5.41, 5.74) is 2.58. The van der Waals surface area contributed by atoms with Gasteiger partial charge in [-0.2, -0.15) is 0 Å². The summed E-state index contributed by atoms with van der Waals surface area (Å²) in [6.45, 7) is 7.87. The Balaban J connectivity index is 1.91. The van der Waals surface area contributed by atoms with E-state index in [-0.39, 0.29) is 12.5 Å². The molecule has 1 heterocycles. The van der Waals surface area contributed by atoms with E-state index in [1.54, 1.807) is 0 Å². The fraction of sp³-hybridized carbons (Fsp3) is 0.429. The van der Waals surface area contributed by atoms with Crippen LogP contribution in [0.25, 0.3) is 6.08 Å². The van der Waals surface area contributed by atoms with Crippen LogP contribution in [-0.4, -0.2) is 20.3 Å².